The zero-order valence-corrected chi connectivity index (χ0v) is 17.5. The summed E-state index contributed by atoms with van der Waals surface area (Å²) in [6.07, 6.45) is 3.70. The second-order valence-corrected chi connectivity index (χ2v) is 8.05. The quantitative estimate of drug-likeness (QED) is 0.667. The van der Waals surface area contributed by atoms with Crippen molar-refractivity contribution in [1.29, 1.82) is 5.26 Å². The predicted octanol–water partition coefficient (Wildman–Crippen LogP) is 4.52. The van der Waals surface area contributed by atoms with Gasteiger partial charge in [0.25, 0.3) is 0 Å². The zero-order valence-electron chi connectivity index (χ0n) is 16.6. The average molecular weight is 407 g/mol. The summed E-state index contributed by atoms with van der Waals surface area (Å²) in [7, 11) is 1.60. The lowest BCUT2D eigenvalue weighted by molar-refractivity contribution is 0.409. The number of aromatic nitrogens is 3. The third kappa shape index (κ3) is 3.87. The van der Waals surface area contributed by atoms with Gasteiger partial charge in [-0.05, 0) is 32.3 Å². The second-order valence-electron chi connectivity index (χ2n) is 7.02. The summed E-state index contributed by atoms with van der Waals surface area (Å²) in [6, 6.07) is 11.0. The Morgan fingerprint density at radius 2 is 2.03 bits per heavy atom. The number of hydrogen-bond donors (Lipinski definition) is 1. The highest BCUT2D eigenvalue weighted by Crippen LogP contribution is 2.38. The summed E-state index contributed by atoms with van der Waals surface area (Å²) >= 11 is 1.28. The largest absolute Gasteiger partial charge is 0.491 e. The van der Waals surface area contributed by atoms with Crippen molar-refractivity contribution in [1.82, 2.24) is 15.0 Å². The number of hydrogen-bond acceptors (Lipinski definition) is 8. The molecule has 4 rings (SSSR count). The lowest BCUT2D eigenvalue weighted by atomic mass is 10.0. The van der Waals surface area contributed by atoms with Crippen LogP contribution in [-0.4, -0.2) is 28.6 Å². The van der Waals surface area contributed by atoms with Crippen LogP contribution in [-0.2, 0) is 0 Å². The van der Waals surface area contributed by atoms with Crippen LogP contribution in [0.3, 0.4) is 0 Å². The van der Waals surface area contributed by atoms with Crippen LogP contribution in [0.5, 0.6) is 5.75 Å². The average Bonchev–Trinajstić information content (AvgIpc) is 3.38. The van der Waals surface area contributed by atoms with Gasteiger partial charge in [-0.25, -0.2) is 9.97 Å². The summed E-state index contributed by atoms with van der Waals surface area (Å²) in [5.41, 5.74) is 3.28. The number of rotatable bonds is 5. The molecule has 1 N–H and O–H groups in total. The molecule has 0 amide bonds. The van der Waals surface area contributed by atoms with E-state index in [2.05, 4.69) is 52.5 Å². The third-order valence-corrected chi connectivity index (χ3v) is 5.86. The summed E-state index contributed by atoms with van der Waals surface area (Å²) < 4.78 is 5.53. The smallest absolute Gasteiger partial charge is 0.228 e. The summed E-state index contributed by atoms with van der Waals surface area (Å²) in [6.45, 7) is 4.91. The van der Waals surface area contributed by atoms with Crippen molar-refractivity contribution >= 4 is 28.2 Å². The molecular weight excluding hydrogens is 384 g/mol. The molecule has 1 aromatic carbocycles. The van der Waals surface area contributed by atoms with Crippen LogP contribution in [0, 0.1) is 25.2 Å². The fourth-order valence-corrected chi connectivity index (χ4v) is 4.24. The summed E-state index contributed by atoms with van der Waals surface area (Å²) in [5.74, 6) is 1.81. The van der Waals surface area contributed by atoms with Gasteiger partial charge in [-0.3, -0.25) is 0 Å². The van der Waals surface area contributed by atoms with E-state index < -0.39 is 0 Å². The Bertz CT molecular complexity index is 1060. The third-order valence-electron chi connectivity index (χ3n) is 5.04. The highest BCUT2D eigenvalue weighted by molar-refractivity contribution is 7.16. The summed E-state index contributed by atoms with van der Waals surface area (Å²) in [4.78, 5) is 16.5. The molecule has 0 saturated carbocycles. The van der Waals surface area contributed by atoms with Crippen molar-refractivity contribution in [2.75, 3.05) is 23.9 Å². The van der Waals surface area contributed by atoms with E-state index in [1.807, 2.05) is 6.92 Å². The van der Waals surface area contributed by atoms with Gasteiger partial charge in [-0.2, -0.15) is 10.2 Å². The first kappa shape index (κ1) is 19.2. The Morgan fingerprint density at radius 3 is 2.72 bits per heavy atom. The number of nitrogens with one attached hydrogen (secondary N) is 1. The first-order chi connectivity index (χ1) is 14.1. The van der Waals surface area contributed by atoms with E-state index in [-0.39, 0.29) is 6.04 Å². The number of nitriles is 1. The lowest BCUT2D eigenvalue weighted by Gasteiger charge is -2.26. The van der Waals surface area contributed by atoms with E-state index in [1.165, 1.54) is 22.5 Å². The van der Waals surface area contributed by atoms with Crippen LogP contribution in [0.1, 0.15) is 40.6 Å². The maximum atomic E-state index is 9.04. The molecule has 7 nitrogen and oxygen atoms in total. The molecule has 1 saturated heterocycles. The van der Waals surface area contributed by atoms with E-state index in [4.69, 9.17) is 20.0 Å². The minimum absolute atomic E-state index is 0.251. The highest BCUT2D eigenvalue weighted by atomic mass is 32.1. The standard InChI is InChI=1S/C21H22N6OS/c1-13-6-8-15(9-7-13)17-5-4-10-27(17)20-24-14(2)18(28-3)19(25-20)26-21-23-12-16(11-22)29-21/h6-9,12,17H,4-5,10H2,1-3H3,(H,23,24,25,26). The van der Waals surface area contributed by atoms with E-state index in [0.29, 0.717) is 27.5 Å². The van der Waals surface area contributed by atoms with E-state index >= 15 is 0 Å². The van der Waals surface area contributed by atoms with Gasteiger partial charge in [-0.15, -0.1) is 0 Å². The number of anilines is 3. The Kier molecular flexibility index (Phi) is 5.32. The fourth-order valence-electron chi connectivity index (χ4n) is 3.63. The van der Waals surface area contributed by atoms with E-state index in [1.54, 1.807) is 13.3 Å². The van der Waals surface area contributed by atoms with Crippen LogP contribution in [0.4, 0.5) is 16.9 Å². The molecule has 3 aromatic rings. The normalized spacial score (nSPS) is 15.9. The molecule has 8 heteroatoms. The van der Waals surface area contributed by atoms with Crippen molar-refractivity contribution in [2.45, 2.75) is 32.7 Å². The lowest BCUT2D eigenvalue weighted by Crippen LogP contribution is -2.25. The van der Waals surface area contributed by atoms with Gasteiger partial charge in [-0.1, -0.05) is 41.2 Å². The number of nitrogens with zero attached hydrogens (tertiary/aromatic N) is 5. The first-order valence-corrected chi connectivity index (χ1v) is 10.3. The van der Waals surface area contributed by atoms with Gasteiger partial charge < -0.3 is 15.0 Å². The first-order valence-electron chi connectivity index (χ1n) is 9.48. The van der Waals surface area contributed by atoms with Crippen LogP contribution >= 0.6 is 11.3 Å². The van der Waals surface area contributed by atoms with Gasteiger partial charge in [0.2, 0.25) is 5.95 Å². The number of thiazole rings is 1. The van der Waals surface area contributed by atoms with Gasteiger partial charge in [0.1, 0.15) is 10.9 Å². The molecule has 1 aliphatic rings. The fraction of sp³-hybridized carbons (Fsp3) is 0.333. The van der Waals surface area contributed by atoms with Gasteiger partial charge >= 0.3 is 0 Å². The van der Waals surface area contributed by atoms with E-state index in [9.17, 15) is 0 Å². The molecule has 1 unspecified atom stereocenters. The van der Waals surface area contributed by atoms with Crippen LogP contribution < -0.4 is 15.0 Å². The highest BCUT2D eigenvalue weighted by Gasteiger charge is 2.29. The molecule has 148 valence electrons. The second kappa shape index (κ2) is 8.05. The van der Waals surface area contributed by atoms with E-state index in [0.717, 1.165) is 25.1 Å². The van der Waals surface area contributed by atoms with Crippen molar-refractivity contribution in [2.24, 2.45) is 0 Å². The Hall–Kier alpha value is -3.18. The Balaban J connectivity index is 1.69. The SMILES string of the molecule is COc1c(C)nc(N2CCCC2c2ccc(C)cc2)nc1Nc1ncc(C#N)s1. The monoisotopic (exact) mass is 406 g/mol. The topological polar surface area (TPSA) is 87.0 Å². The Labute approximate surface area is 174 Å². The number of ether oxygens (including phenoxy) is 1. The maximum absolute atomic E-state index is 9.04. The number of methoxy groups -OCH3 is 1. The van der Waals surface area contributed by atoms with Crippen molar-refractivity contribution in [3.63, 3.8) is 0 Å². The molecule has 1 aliphatic heterocycles. The predicted molar refractivity (Wildman–Crippen MR) is 114 cm³/mol. The summed E-state index contributed by atoms with van der Waals surface area (Å²) in [5, 5.41) is 12.8. The van der Waals surface area contributed by atoms with Gasteiger partial charge in [0.15, 0.2) is 16.7 Å². The molecule has 29 heavy (non-hydrogen) atoms. The minimum atomic E-state index is 0.251. The molecule has 0 bridgehead atoms. The maximum Gasteiger partial charge on any atom is 0.228 e. The molecule has 2 aromatic heterocycles. The molecular formula is C21H22N6OS. The zero-order chi connectivity index (χ0) is 20.4. The number of benzene rings is 1. The molecule has 0 spiro atoms. The molecule has 0 radical (unpaired) electrons. The molecule has 1 fully saturated rings. The molecule has 3 heterocycles. The van der Waals surface area contributed by atoms with Crippen molar-refractivity contribution in [3.8, 4) is 11.8 Å². The number of aryl methyl sites for hydroxylation is 2. The molecule has 1 atom stereocenters. The van der Waals surface area contributed by atoms with Crippen LogP contribution in [0.15, 0.2) is 30.5 Å². The Morgan fingerprint density at radius 1 is 1.24 bits per heavy atom. The van der Waals surface area contributed by atoms with Crippen LogP contribution in [0.2, 0.25) is 0 Å². The molecule has 0 aliphatic carbocycles. The van der Waals surface area contributed by atoms with Crippen molar-refractivity contribution in [3.05, 3.63) is 52.2 Å². The van der Waals surface area contributed by atoms with Crippen LogP contribution in [0.25, 0.3) is 0 Å². The van der Waals surface area contributed by atoms with Gasteiger partial charge in [0, 0.05) is 6.54 Å². The van der Waals surface area contributed by atoms with Gasteiger partial charge in [0.05, 0.1) is 25.0 Å². The minimum Gasteiger partial charge on any atom is -0.491 e. The van der Waals surface area contributed by atoms with Crippen molar-refractivity contribution < 1.29 is 4.74 Å².